The van der Waals surface area contributed by atoms with Crippen molar-refractivity contribution < 1.29 is 22.1 Å². The first-order chi connectivity index (χ1) is 9.10. The van der Waals surface area contributed by atoms with Crippen LogP contribution in [0.25, 0.3) is 0 Å². The number of esters is 1. The van der Waals surface area contributed by atoms with Crippen molar-refractivity contribution in [2.24, 2.45) is 5.41 Å². The Labute approximate surface area is 120 Å². The van der Waals surface area contributed by atoms with Gasteiger partial charge in [0.2, 0.25) is 6.29 Å². The molecule has 0 aromatic heterocycles. The quantitative estimate of drug-likeness (QED) is 0.474. The summed E-state index contributed by atoms with van der Waals surface area (Å²) < 4.78 is 33.4. The maximum atomic E-state index is 11.8. The Morgan fingerprint density at radius 3 is 2.25 bits per heavy atom. The number of ether oxygens (including phenoxy) is 1. The predicted octanol–water partition coefficient (Wildman–Crippen LogP) is 2.47. The van der Waals surface area contributed by atoms with Crippen LogP contribution in [0.1, 0.15) is 33.3 Å². The summed E-state index contributed by atoms with van der Waals surface area (Å²) in [6, 6.07) is 8.66. The van der Waals surface area contributed by atoms with Gasteiger partial charge in [0.05, 0.1) is 5.41 Å². The largest absolute Gasteiger partial charge is 0.434 e. The van der Waals surface area contributed by atoms with Crippen molar-refractivity contribution in [2.75, 3.05) is 0 Å². The van der Waals surface area contributed by atoms with Gasteiger partial charge in [-0.3, -0.25) is 4.79 Å². The summed E-state index contributed by atoms with van der Waals surface area (Å²) in [5.41, 5.74) is -0.0947. The van der Waals surface area contributed by atoms with Crippen molar-refractivity contribution in [1.82, 2.24) is 0 Å². The van der Waals surface area contributed by atoms with Crippen LogP contribution >= 0.6 is 0 Å². The van der Waals surface area contributed by atoms with E-state index in [-0.39, 0.29) is 5.75 Å². The Kier molecular flexibility index (Phi) is 5.30. The molecular weight excluding hydrogens is 280 g/mol. The number of rotatable bonds is 5. The van der Waals surface area contributed by atoms with Gasteiger partial charge in [-0.15, -0.1) is 0 Å². The molecule has 1 aromatic carbocycles. The van der Waals surface area contributed by atoms with Gasteiger partial charge in [0.1, 0.15) is 5.75 Å². The maximum Gasteiger partial charge on any atom is 0.313 e. The van der Waals surface area contributed by atoms with Gasteiger partial charge in [0, 0.05) is 0 Å². The van der Waals surface area contributed by atoms with E-state index in [4.69, 9.17) is 8.92 Å². The van der Waals surface area contributed by atoms with Gasteiger partial charge in [0.25, 0.3) is 10.1 Å². The molecule has 1 unspecified atom stereocenters. The Morgan fingerprint density at radius 1 is 1.20 bits per heavy atom. The fourth-order valence-corrected chi connectivity index (χ4v) is 2.49. The number of benzene rings is 1. The molecule has 6 heteroatoms. The van der Waals surface area contributed by atoms with Crippen LogP contribution in [0.2, 0.25) is 0 Å². The van der Waals surface area contributed by atoms with Crippen LogP contribution in [0.3, 0.4) is 0 Å². The van der Waals surface area contributed by atoms with Crippen molar-refractivity contribution in [3.05, 3.63) is 35.9 Å². The molecule has 0 aliphatic rings. The molecule has 0 bridgehead atoms. The van der Waals surface area contributed by atoms with Gasteiger partial charge in [-0.05, 0) is 33.3 Å². The lowest BCUT2D eigenvalue weighted by molar-refractivity contribution is -0.170. The zero-order valence-electron chi connectivity index (χ0n) is 12.1. The summed E-state index contributed by atoms with van der Waals surface area (Å²) in [5.74, 6) is -0.773. The molecule has 0 spiro atoms. The molecule has 0 aliphatic heterocycles. The average molecular weight is 300 g/mol. The van der Waals surface area contributed by atoms with Crippen molar-refractivity contribution in [1.29, 1.82) is 0 Å². The summed E-state index contributed by atoms with van der Waals surface area (Å²) >= 11 is 0. The number of carbonyl (C=O) groups is 1. The third-order valence-electron chi connectivity index (χ3n) is 2.35. The molecule has 1 aromatic rings. The lowest BCUT2D eigenvalue weighted by atomic mass is 9.97. The molecule has 5 nitrogen and oxygen atoms in total. The van der Waals surface area contributed by atoms with Gasteiger partial charge in [-0.25, -0.2) is 4.18 Å². The van der Waals surface area contributed by atoms with Crippen molar-refractivity contribution in [3.63, 3.8) is 0 Å². The van der Waals surface area contributed by atoms with Crippen molar-refractivity contribution >= 4 is 16.1 Å². The van der Waals surface area contributed by atoms with E-state index in [1.54, 1.807) is 51.1 Å². The highest BCUT2D eigenvalue weighted by Crippen LogP contribution is 2.18. The van der Waals surface area contributed by atoms with E-state index in [1.165, 1.54) is 6.92 Å². The lowest BCUT2D eigenvalue weighted by Crippen LogP contribution is -2.29. The first-order valence-corrected chi connectivity index (χ1v) is 7.84. The number of hydrogen-bond acceptors (Lipinski definition) is 5. The van der Waals surface area contributed by atoms with Gasteiger partial charge in [-0.1, -0.05) is 30.3 Å². The summed E-state index contributed by atoms with van der Waals surface area (Å²) in [6.45, 7) is 6.42. The third kappa shape index (κ3) is 5.71. The van der Waals surface area contributed by atoms with Crippen molar-refractivity contribution in [3.8, 4) is 0 Å². The van der Waals surface area contributed by atoms with E-state index >= 15 is 0 Å². The monoisotopic (exact) mass is 300 g/mol. The third-order valence-corrected chi connectivity index (χ3v) is 3.60. The highest BCUT2D eigenvalue weighted by molar-refractivity contribution is 7.85. The predicted molar refractivity (Wildman–Crippen MR) is 75.2 cm³/mol. The van der Waals surface area contributed by atoms with Crippen LogP contribution in [0, 0.1) is 5.41 Å². The van der Waals surface area contributed by atoms with Gasteiger partial charge < -0.3 is 4.74 Å². The van der Waals surface area contributed by atoms with Gasteiger partial charge >= 0.3 is 5.97 Å². The molecule has 0 N–H and O–H groups in total. The standard InChI is InChI=1S/C14H20O5S/c1-11(18-13(15)14(2,3)4)19-20(16,17)10-12-8-6-5-7-9-12/h5-9,11H,10H2,1-4H3. The normalized spacial score (nSPS) is 13.8. The Balaban J connectivity index is 2.61. The lowest BCUT2D eigenvalue weighted by Gasteiger charge is -2.20. The molecular formula is C14H20O5S. The Bertz CT molecular complexity index is 543. The van der Waals surface area contributed by atoms with Crippen LogP contribution in [-0.4, -0.2) is 20.7 Å². The molecule has 0 amide bonds. The average Bonchev–Trinajstić information content (AvgIpc) is 2.26. The molecule has 1 atom stereocenters. The van der Waals surface area contributed by atoms with Gasteiger partial charge in [0.15, 0.2) is 0 Å². The number of hydrogen-bond donors (Lipinski definition) is 0. The molecule has 20 heavy (non-hydrogen) atoms. The van der Waals surface area contributed by atoms with E-state index in [9.17, 15) is 13.2 Å². The van der Waals surface area contributed by atoms with Crippen molar-refractivity contribution in [2.45, 2.75) is 39.7 Å². The minimum atomic E-state index is -3.80. The van der Waals surface area contributed by atoms with Crippen LogP contribution < -0.4 is 0 Å². The fraction of sp³-hybridized carbons (Fsp3) is 0.500. The minimum Gasteiger partial charge on any atom is -0.434 e. The summed E-state index contributed by atoms with van der Waals surface area (Å²) in [4.78, 5) is 11.6. The number of carbonyl (C=O) groups excluding carboxylic acids is 1. The maximum absolute atomic E-state index is 11.8. The topological polar surface area (TPSA) is 69.7 Å². The van der Waals surface area contributed by atoms with Crippen LogP contribution in [-0.2, 0) is 29.6 Å². The van der Waals surface area contributed by atoms with Crippen LogP contribution in [0.5, 0.6) is 0 Å². The summed E-state index contributed by atoms with van der Waals surface area (Å²) in [6.07, 6.45) is -1.14. The van der Waals surface area contributed by atoms with Gasteiger partial charge in [-0.2, -0.15) is 8.42 Å². The van der Waals surface area contributed by atoms with Crippen LogP contribution in [0.15, 0.2) is 30.3 Å². The SMILES string of the molecule is CC(OC(=O)C(C)(C)C)OS(=O)(=O)Cc1ccccc1. The van der Waals surface area contributed by atoms with E-state index in [0.29, 0.717) is 5.56 Å². The second-order valence-corrected chi connectivity index (χ2v) is 7.10. The minimum absolute atomic E-state index is 0.259. The molecule has 0 radical (unpaired) electrons. The Morgan fingerprint density at radius 2 is 1.75 bits per heavy atom. The van der Waals surface area contributed by atoms with E-state index in [1.807, 2.05) is 0 Å². The first-order valence-electron chi connectivity index (χ1n) is 6.26. The highest BCUT2D eigenvalue weighted by Gasteiger charge is 2.27. The van der Waals surface area contributed by atoms with E-state index < -0.39 is 27.8 Å². The second-order valence-electron chi connectivity index (χ2n) is 5.51. The Hall–Kier alpha value is -1.40. The summed E-state index contributed by atoms with van der Waals surface area (Å²) in [7, 11) is -3.80. The summed E-state index contributed by atoms with van der Waals surface area (Å²) in [5, 5.41) is 0. The highest BCUT2D eigenvalue weighted by atomic mass is 32.2. The van der Waals surface area contributed by atoms with E-state index in [0.717, 1.165) is 0 Å². The molecule has 0 saturated heterocycles. The zero-order valence-corrected chi connectivity index (χ0v) is 12.9. The molecule has 0 heterocycles. The molecule has 0 saturated carbocycles. The molecule has 0 fully saturated rings. The zero-order chi connectivity index (χ0) is 15.4. The molecule has 0 aliphatic carbocycles. The second kappa shape index (κ2) is 6.37. The smallest absolute Gasteiger partial charge is 0.313 e. The molecule has 1 rings (SSSR count). The van der Waals surface area contributed by atoms with E-state index in [2.05, 4.69) is 0 Å². The molecule has 112 valence electrons. The fourth-order valence-electron chi connectivity index (χ4n) is 1.37. The first kappa shape index (κ1) is 16.7. The van der Waals surface area contributed by atoms with Crippen LogP contribution in [0.4, 0.5) is 0 Å².